The molecule has 0 radical (unpaired) electrons. The van der Waals surface area contributed by atoms with Crippen molar-refractivity contribution in [2.75, 3.05) is 25.3 Å². The van der Waals surface area contributed by atoms with Gasteiger partial charge in [-0.1, -0.05) is 12.1 Å². The first-order valence-corrected chi connectivity index (χ1v) is 9.73. The number of sulfone groups is 1. The van der Waals surface area contributed by atoms with Crippen molar-refractivity contribution in [1.29, 1.82) is 0 Å². The summed E-state index contributed by atoms with van der Waals surface area (Å²) in [6, 6.07) is 11.4. The van der Waals surface area contributed by atoms with Crippen LogP contribution in [0.4, 0.5) is 5.69 Å². The normalized spacial score (nSPS) is 10.8. The second-order valence-electron chi connectivity index (χ2n) is 5.61. The highest BCUT2D eigenvalue weighted by molar-refractivity contribution is 7.90. The van der Waals surface area contributed by atoms with Crippen molar-refractivity contribution in [3.63, 3.8) is 0 Å². The van der Waals surface area contributed by atoms with E-state index in [0.717, 1.165) is 11.8 Å². The Kier molecular flexibility index (Phi) is 6.41. The molecule has 0 fully saturated rings. The number of carbonyl (C=O) groups is 1. The van der Waals surface area contributed by atoms with E-state index in [1.54, 1.807) is 12.1 Å². The number of nitrogens with one attached hydrogen (secondary N) is 1. The molecule has 0 aliphatic rings. The monoisotopic (exact) mass is 375 g/mol. The van der Waals surface area contributed by atoms with Gasteiger partial charge in [-0.15, -0.1) is 6.58 Å². The molecule has 0 spiro atoms. The van der Waals surface area contributed by atoms with Crippen molar-refractivity contribution < 1.29 is 22.7 Å². The van der Waals surface area contributed by atoms with E-state index in [-0.39, 0.29) is 17.4 Å². The molecule has 2 rings (SSSR count). The van der Waals surface area contributed by atoms with Crippen molar-refractivity contribution in [2.24, 2.45) is 0 Å². The van der Waals surface area contributed by atoms with Gasteiger partial charge in [-0.2, -0.15) is 0 Å². The SMILES string of the molecule is C=CCc1ccc(OCC(=O)Nc2ccc(S(C)(=O)=O)cc2)c(OC)c1. The van der Waals surface area contributed by atoms with Crippen LogP contribution < -0.4 is 14.8 Å². The summed E-state index contributed by atoms with van der Waals surface area (Å²) in [5.41, 5.74) is 1.51. The third-order valence-electron chi connectivity index (χ3n) is 3.53. The lowest BCUT2D eigenvalue weighted by Crippen LogP contribution is -2.20. The molecule has 0 atom stereocenters. The van der Waals surface area contributed by atoms with Crippen LogP contribution in [-0.2, 0) is 21.1 Å². The van der Waals surface area contributed by atoms with Gasteiger partial charge in [0.25, 0.3) is 5.91 Å². The van der Waals surface area contributed by atoms with E-state index in [1.807, 2.05) is 12.1 Å². The van der Waals surface area contributed by atoms with Gasteiger partial charge in [-0.05, 0) is 48.4 Å². The fourth-order valence-corrected chi connectivity index (χ4v) is 2.88. The summed E-state index contributed by atoms with van der Waals surface area (Å²) < 4.78 is 33.6. The molecule has 1 amide bonds. The molecule has 138 valence electrons. The average molecular weight is 375 g/mol. The van der Waals surface area contributed by atoms with Crippen LogP contribution in [0.25, 0.3) is 0 Å². The molecular formula is C19H21NO5S. The summed E-state index contributed by atoms with van der Waals surface area (Å²) >= 11 is 0. The lowest BCUT2D eigenvalue weighted by atomic mass is 10.1. The number of hydrogen-bond acceptors (Lipinski definition) is 5. The average Bonchev–Trinajstić information content (AvgIpc) is 2.60. The van der Waals surface area contributed by atoms with Crippen molar-refractivity contribution in [1.82, 2.24) is 0 Å². The predicted octanol–water partition coefficient (Wildman–Crippen LogP) is 2.84. The van der Waals surface area contributed by atoms with Crippen LogP contribution in [0, 0.1) is 0 Å². The van der Waals surface area contributed by atoms with Gasteiger partial charge < -0.3 is 14.8 Å². The van der Waals surface area contributed by atoms with E-state index in [1.165, 1.54) is 31.4 Å². The number of ether oxygens (including phenoxy) is 2. The van der Waals surface area contributed by atoms with Crippen LogP contribution in [0.2, 0.25) is 0 Å². The number of amides is 1. The van der Waals surface area contributed by atoms with E-state index in [9.17, 15) is 13.2 Å². The number of hydrogen-bond donors (Lipinski definition) is 1. The zero-order valence-corrected chi connectivity index (χ0v) is 15.5. The maximum Gasteiger partial charge on any atom is 0.262 e. The van der Waals surface area contributed by atoms with Crippen LogP contribution >= 0.6 is 0 Å². The summed E-state index contributed by atoms with van der Waals surface area (Å²) in [4.78, 5) is 12.2. The third kappa shape index (κ3) is 5.35. The Morgan fingerprint density at radius 3 is 2.42 bits per heavy atom. The Bertz CT molecular complexity index is 889. The van der Waals surface area contributed by atoms with E-state index < -0.39 is 9.84 Å². The summed E-state index contributed by atoms with van der Waals surface area (Å²) in [5, 5.41) is 2.65. The molecule has 0 heterocycles. The Labute approximate surface area is 153 Å². The van der Waals surface area contributed by atoms with Crippen LogP contribution in [-0.4, -0.2) is 34.3 Å². The summed E-state index contributed by atoms with van der Waals surface area (Å²) in [7, 11) is -1.74. The minimum atomic E-state index is -3.27. The number of anilines is 1. The molecule has 1 N–H and O–H groups in total. The minimum Gasteiger partial charge on any atom is -0.493 e. The number of methoxy groups -OCH3 is 1. The summed E-state index contributed by atoms with van der Waals surface area (Å²) in [5.74, 6) is 0.631. The fraction of sp³-hybridized carbons (Fsp3) is 0.211. The van der Waals surface area contributed by atoms with Gasteiger partial charge in [0.1, 0.15) is 0 Å². The van der Waals surface area contributed by atoms with Gasteiger partial charge in [-0.3, -0.25) is 4.79 Å². The lowest BCUT2D eigenvalue weighted by molar-refractivity contribution is -0.118. The zero-order valence-electron chi connectivity index (χ0n) is 14.7. The molecule has 0 unspecified atom stereocenters. The second kappa shape index (κ2) is 8.53. The van der Waals surface area contributed by atoms with Gasteiger partial charge in [-0.25, -0.2) is 8.42 Å². The topological polar surface area (TPSA) is 81.7 Å². The second-order valence-corrected chi connectivity index (χ2v) is 7.63. The van der Waals surface area contributed by atoms with Crippen molar-refractivity contribution in [3.05, 3.63) is 60.7 Å². The van der Waals surface area contributed by atoms with E-state index in [0.29, 0.717) is 23.6 Å². The van der Waals surface area contributed by atoms with Crippen LogP contribution in [0.5, 0.6) is 11.5 Å². The van der Waals surface area contributed by atoms with Gasteiger partial charge >= 0.3 is 0 Å². The summed E-state index contributed by atoms with van der Waals surface area (Å²) in [6.07, 6.45) is 3.63. The van der Waals surface area contributed by atoms with Crippen LogP contribution in [0.3, 0.4) is 0 Å². The zero-order chi connectivity index (χ0) is 19.2. The molecule has 26 heavy (non-hydrogen) atoms. The first-order valence-electron chi connectivity index (χ1n) is 7.84. The Hall–Kier alpha value is -2.80. The Balaban J connectivity index is 1.97. The number of rotatable bonds is 8. The van der Waals surface area contributed by atoms with Gasteiger partial charge in [0, 0.05) is 11.9 Å². The smallest absolute Gasteiger partial charge is 0.262 e. The molecular weight excluding hydrogens is 354 g/mol. The predicted molar refractivity (Wildman–Crippen MR) is 101 cm³/mol. The van der Waals surface area contributed by atoms with Gasteiger partial charge in [0.05, 0.1) is 12.0 Å². The van der Waals surface area contributed by atoms with Crippen LogP contribution in [0.15, 0.2) is 60.0 Å². The molecule has 0 aliphatic carbocycles. The van der Waals surface area contributed by atoms with Crippen molar-refractivity contribution in [2.45, 2.75) is 11.3 Å². The quantitative estimate of drug-likeness (QED) is 0.718. The largest absolute Gasteiger partial charge is 0.493 e. The molecule has 2 aromatic carbocycles. The molecule has 6 nitrogen and oxygen atoms in total. The molecule has 7 heteroatoms. The van der Waals surface area contributed by atoms with Gasteiger partial charge in [0.15, 0.2) is 27.9 Å². The van der Waals surface area contributed by atoms with Crippen molar-refractivity contribution in [3.8, 4) is 11.5 Å². The molecule has 0 aliphatic heterocycles. The van der Waals surface area contributed by atoms with E-state index in [2.05, 4.69) is 11.9 Å². The maximum absolute atomic E-state index is 12.0. The Morgan fingerprint density at radius 1 is 1.15 bits per heavy atom. The highest BCUT2D eigenvalue weighted by atomic mass is 32.2. The van der Waals surface area contributed by atoms with Crippen molar-refractivity contribution >= 4 is 21.4 Å². The van der Waals surface area contributed by atoms with Gasteiger partial charge in [0.2, 0.25) is 0 Å². The first kappa shape index (κ1) is 19.5. The summed E-state index contributed by atoms with van der Waals surface area (Å²) in [6.45, 7) is 3.49. The van der Waals surface area contributed by atoms with E-state index >= 15 is 0 Å². The van der Waals surface area contributed by atoms with E-state index in [4.69, 9.17) is 9.47 Å². The molecule has 2 aromatic rings. The highest BCUT2D eigenvalue weighted by Crippen LogP contribution is 2.28. The number of allylic oxidation sites excluding steroid dienone is 1. The highest BCUT2D eigenvalue weighted by Gasteiger charge is 2.10. The first-order chi connectivity index (χ1) is 12.3. The maximum atomic E-state index is 12.0. The molecule has 0 aromatic heterocycles. The Morgan fingerprint density at radius 2 is 1.85 bits per heavy atom. The van der Waals surface area contributed by atoms with Crippen LogP contribution in [0.1, 0.15) is 5.56 Å². The molecule has 0 saturated heterocycles. The minimum absolute atomic E-state index is 0.191. The fourth-order valence-electron chi connectivity index (χ4n) is 2.25. The third-order valence-corrected chi connectivity index (χ3v) is 4.66. The standard InChI is InChI=1S/C19H21NO5S/c1-4-5-14-6-11-17(18(12-14)24-2)25-13-19(21)20-15-7-9-16(10-8-15)26(3,22)23/h4,6-12H,1,5,13H2,2-3H3,(H,20,21). The number of benzene rings is 2. The molecule has 0 saturated carbocycles. The lowest BCUT2D eigenvalue weighted by Gasteiger charge is -2.12. The molecule has 0 bridgehead atoms. The number of carbonyl (C=O) groups excluding carboxylic acids is 1.